The van der Waals surface area contributed by atoms with Gasteiger partial charge < -0.3 is 15.6 Å². The Hall–Kier alpha value is -1.76. The molecule has 0 heterocycles. The van der Waals surface area contributed by atoms with Crippen LogP contribution in [0.2, 0.25) is 0 Å². The lowest BCUT2D eigenvalue weighted by Crippen LogP contribution is -2.50. The maximum atomic E-state index is 12.9. The van der Waals surface area contributed by atoms with Crippen molar-refractivity contribution in [2.24, 2.45) is 0 Å². The molecule has 0 aromatic heterocycles. The highest BCUT2D eigenvalue weighted by Gasteiger charge is 2.62. The number of ether oxygens (including phenoxy) is 1. The van der Waals surface area contributed by atoms with Crippen LogP contribution in [0, 0.1) is 0 Å². The fourth-order valence-corrected chi connectivity index (χ4v) is 1.36. The molecule has 1 aromatic rings. The number of hydrogen-bond donors (Lipinski definition) is 2. The van der Waals surface area contributed by atoms with Gasteiger partial charge in [-0.15, -0.1) is 0 Å². The summed E-state index contributed by atoms with van der Waals surface area (Å²) in [6.07, 6.45) is -5.19. The van der Waals surface area contributed by atoms with Crippen molar-refractivity contribution >= 4 is 11.7 Å². The summed E-state index contributed by atoms with van der Waals surface area (Å²) in [6, 6.07) is 4.18. The number of hydrogen-bond acceptors (Lipinski definition) is 4. The van der Waals surface area contributed by atoms with E-state index in [0.29, 0.717) is 0 Å². The van der Waals surface area contributed by atoms with Crippen LogP contribution in [0.5, 0.6) is 0 Å². The van der Waals surface area contributed by atoms with Crippen LogP contribution in [0.15, 0.2) is 24.3 Å². The Morgan fingerprint density at radius 3 is 2.22 bits per heavy atom. The van der Waals surface area contributed by atoms with Crippen molar-refractivity contribution in [2.75, 3.05) is 12.3 Å². The van der Waals surface area contributed by atoms with Gasteiger partial charge in [0.1, 0.15) is 0 Å². The molecule has 0 radical (unpaired) electrons. The number of aliphatic hydroxyl groups is 1. The molecule has 0 saturated heterocycles. The molecule has 0 unspecified atom stereocenters. The highest BCUT2D eigenvalue weighted by Crippen LogP contribution is 2.40. The van der Waals surface area contributed by atoms with E-state index >= 15 is 0 Å². The third-order valence-corrected chi connectivity index (χ3v) is 2.31. The van der Waals surface area contributed by atoms with E-state index in [1.807, 2.05) is 0 Å². The molecular weight excluding hydrogens is 251 g/mol. The lowest BCUT2D eigenvalue weighted by Gasteiger charge is -2.28. The fraction of sp³-hybridized carbons (Fsp3) is 0.364. The monoisotopic (exact) mass is 263 g/mol. The minimum Gasteiger partial charge on any atom is -0.463 e. The van der Waals surface area contributed by atoms with E-state index in [4.69, 9.17) is 5.73 Å². The molecule has 0 aliphatic rings. The molecular formula is C11H12F3NO3. The van der Waals surface area contributed by atoms with Crippen LogP contribution < -0.4 is 5.73 Å². The fourth-order valence-electron chi connectivity index (χ4n) is 1.36. The van der Waals surface area contributed by atoms with Crippen LogP contribution in [0.25, 0.3) is 0 Å². The second-order valence-corrected chi connectivity index (χ2v) is 3.55. The molecule has 7 heteroatoms. The standard InChI is InChI=1S/C11H12F3NO3/c1-2-18-9(16)10(17,11(12,13)14)7-3-5-8(15)6-4-7/h3-6,17H,2,15H2,1H3/t10-/m0/s1. The zero-order valence-electron chi connectivity index (χ0n) is 9.49. The third-order valence-electron chi connectivity index (χ3n) is 2.31. The van der Waals surface area contributed by atoms with E-state index < -0.39 is 23.3 Å². The summed E-state index contributed by atoms with van der Waals surface area (Å²) in [5.74, 6) is -1.76. The Morgan fingerprint density at radius 1 is 1.33 bits per heavy atom. The van der Waals surface area contributed by atoms with Crippen LogP contribution in [-0.4, -0.2) is 23.9 Å². The minimum atomic E-state index is -5.19. The summed E-state index contributed by atoms with van der Waals surface area (Å²) in [5.41, 5.74) is 1.23. The van der Waals surface area contributed by atoms with E-state index in [1.54, 1.807) is 0 Å². The Bertz CT molecular complexity index is 430. The number of rotatable bonds is 3. The van der Waals surface area contributed by atoms with Gasteiger partial charge in [0, 0.05) is 11.3 Å². The molecule has 3 N–H and O–H groups in total. The number of halogens is 3. The van der Waals surface area contributed by atoms with Gasteiger partial charge in [-0.25, -0.2) is 4.79 Å². The van der Waals surface area contributed by atoms with Gasteiger partial charge in [-0.2, -0.15) is 13.2 Å². The maximum absolute atomic E-state index is 12.9. The second-order valence-electron chi connectivity index (χ2n) is 3.55. The number of nitrogen functional groups attached to an aromatic ring is 1. The van der Waals surface area contributed by atoms with Crippen LogP contribution >= 0.6 is 0 Å². The molecule has 1 aromatic carbocycles. The van der Waals surface area contributed by atoms with Gasteiger partial charge >= 0.3 is 12.1 Å². The van der Waals surface area contributed by atoms with E-state index in [0.717, 1.165) is 24.3 Å². The smallest absolute Gasteiger partial charge is 0.432 e. The summed E-state index contributed by atoms with van der Waals surface area (Å²) in [7, 11) is 0. The van der Waals surface area contributed by atoms with Crippen molar-refractivity contribution in [3.05, 3.63) is 29.8 Å². The lowest BCUT2D eigenvalue weighted by molar-refractivity contribution is -0.267. The summed E-state index contributed by atoms with van der Waals surface area (Å²) in [4.78, 5) is 11.4. The molecule has 1 atom stereocenters. The molecule has 4 nitrogen and oxygen atoms in total. The zero-order chi connectivity index (χ0) is 14.0. The molecule has 1 rings (SSSR count). The van der Waals surface area contributed by atoms with Crippen molar-refractivity contribution in [3.63, 3.8) is 0 Å². The average Bonchev–Trinajstić information content (AvgIpc) is 2.27. The quantitative estimate of drug-likeness (QED) is 0.641. The third kappa shape index (κ3) is 2.40. The molecule has 0 saturated carbocycles. The number of alkyl halides is 3. The van der Waals surface area contributed by atoms with Gasteiger partial charge in [0.05, 0.1) is 6.61 Å². The number of carbonyl (C=O) groups is 1. The molecule has 18 heavy (non-hydrogen) atoms. The minimum absolute atomic E-state index is 0.215. The van der Waals surface area contributed by atoms with Crippen molar-refractivity contribution in [1.29, 1.82) is 0 Å². The number of anilines is 1. The van der Waals surface area contributed by atoms with Gasteiger partial charge in [-0.1, -0.05) is 12.1 Å². The number of esters is 1. The molecule has 0 aliphatic carbocycles. The van der Waals surface area contributed by atoms with E-state index in [9.17, 15) is 23.1 Å². The first-order valence-corrected chi connectivity index (χ1v) is 5.05. The first-order chi connectivity index (χ1) is 8.23. The predicted octanol–water partition coefficient (Wildman–Crippen LogP) is 1.58. The summed E-state index contributed by atoms with van der Waals surface area (Å²) in [6.45, 7) is 1.07. The van der Waals surface area contributed by atoms with Gasteiger partial charge in [0.2, 0.25) is 0 Å². The van der Waals surface area contributed by atoms with Crippen LogP contribution in [0.1, 0.15) is 12.5 Å². The zero-order valence-corrected chi connectivity index (χ0v) is 9.49. The first-order valence-electron chi connectivity index (χ1n) is 5.05. The Kier molecular flexibility index (Phi) is 3.85. The molecule has 0 bridgehead atoms. The van der Waals surface area contributed by atoms with Crippen LogP contribution in [0.4, 0.5) is 18.9 Å². The van der Waals surface area contributed by atoms with E-state index in [1.165, 1.54) is 6.92 Å². The largest absolute Gasteiger partial charge is 0.463 e. The first kappa shape index (κ1) is 14.3. The van der Waals surface area contributed by atoms with Gasteiger partial charge in [0.25, 0.3) is 5.60 Å². The van der Waals surface area contributed by atoms with Crippen LogP contribution in [-0.2, 0) is 15.1 Å². The van der Waals surface area contributed by atoms with Gasteiger partial charge in [-0.3, -0.25) is 0 Å². The van der Waals surface area contributed by atoms with E-state index in [2.05, 4.69) is 4.74 Å². The highest BCUT2D eigenvalue weighted by molar-refractivity contribution is 5.82. The number of benzene rings is 1. The predicted molar refractivity (Wildman–Crippen MR) is 57.4 cm³/mol. The normalized spacial score (nSPS) is 14.9. The van der Waals surface area contributed by atoms with Crippen molar-refractivity contribution < 1.29 is 27.8 Å². The Labute approximate surface area is 101 Å². The van der Waals surface area contributed by atoms with Gasteiger partial charge in [0.15, 0.2) is 0 Å². The van der Waals surface area contributed by atoms with E-state index in [-0.39, 0.29) is 12.3 Å². The van der Waals surface area contributed by atoms with Crippen molar-refractivity contribution in [2.45, 2.75) is 18.7 Å². The maximum Gasteiger partial charge on any atom is 0.432 e. The molecule has 0 fully saturated rings. The van der Waals surface area contributed by atoms with Gasteiger partial charge in [-0.05, 0) is 19.1 Å². The highest BCUT2D eigenvalue weighted by atomic mass is 19.4. The SMILES string of the molecule is CCOC(=O)[C@@](O)(c1ccc(N)cc1)C(F)(F)F. The average molecular weight is 263 g/mol. The lowest BCUT2D eigenvalue weighted by atomic mass is 9.93. The Morgan fingerprint density at radius 2 is 1.83 bits per heavy atom. The summed E-state index contributed by atoms with van der Waals surface area (Å²) >= 11 is 0. The molecule has 0 spiro atoms. The summed E-state index contributed by atoms with van der Waals surface area (Å²) < 4.78 is 42.9. The number of carbonyl (C=O) groups excluding carboxylic acids is 1. The van der Waals surface area contributed by atoms with Crippen LogP contribution in [0.3, 0.4) is 0 Å². The summed E-state index contributed by atoms with van der Waals surface area (Å²) in [5, 5.41) is 9.67. The topological polar surface area (TPSA) is 72.5 Å². The Balaban J connectivity index is 3.29. The molecule has 0 aliphatic heterocycles. The number of nitrogens with two attached hydrogens (primary N) is 1. The van der Waals surface area contributed by atoms with Crippen molar-refractivity contribution in [3.8, 4) is 0 Å². The molecule has 100 valence electrons. The second kappa shape index (κ2) is 4.85. The van der Waals surface area contributed by atoms with Crippen molar-refractivity contribution in [1.82, 2.24) is 0 Å². The molecule has 0 amide bonds.